The Morgan fingerprint density at radius 3 is 2.67 bits per heavy atom. The molecule has 0 spiro atoms. The normalized spacial score (nSPS) is 14.4. The molecule has 0 aliphatic carbocycles. The van der Waals surface area contributed by atoms with Gasteiger partial charge in [-0.1, -0.05) is 12.1 Å². The molecule has 0 radical (unpaired) electrons. The van der Waals surface area contributed by atoms with Crippen LogP contribution in [0.2, 0.25) is 0 Å². The molecule has 4 nitrogen and oxygen atoms in total. The standard InChI is InChI=1S/C20H23NO3/c1-14(22)16-5-8-19-17(13-16)9-11-21(19)12-10-20(23)15-3-6-18(24-2)7-4-15/h3-8,13,20,23H,9-12H2,1-2H3. The minimum atomic E-state index is -0.489. The van der Waals surface area contributed by atoms with E-state index in [0.29, 0.717) is 6.42 Å². The molecule has 1 aliphatic heterocycles. The van der Waals surface area contributed by atoms with E-state index < -0.39 is 6.10 Å². The van der Waals surface area contributed by atoms with Gasteiger partial charge in [0, 0.05) is 24.3 Å². The highest BCUT2D eigenvalue weighted by molar-refractivity contribution is 5.94. The van der Waals surface area contributed by atoms with Crippen molar-refractivity contribution >= 4 is 11.5 Å². The van der Waals surface area contributed by atoms with Crippen molar-refractivity contribution in [3.8, 4) is 5.75 Å². The summed E-state index contributed by atoms with van der Waals surface area (Å²) in [6, 6.07) is 13.5. The zero-order chi connectivity index (χ0) is 17.1. The quantitative estimate of drug-likeness (QED) is 0.827. The monoisotopic (exact) mass is 325 g/mol. The summed E-state index contributed by atoms with van der Waals surface area (Å²) in [4.78, 5) is 13.8. The highest BCUT2D eigenvalue weighted by Gasteiger charge is 2.20. The van der Waals surface area contributed by atoms with Crippen molar-refractivity contribution in [1.29, 1.82) is 0 Å². The van der Waals surface area contributed by atoms with Gasteiger partial charge in [0.05, 0.1) is 13.2 Å². The zero-order valence-electron chi connectivity index (χ0n) is 14.2. The fourth-order valence-electron chi connectivity index (χ4n) is 3.19. The lowest BCUT2D eigenvalue weighted by Gasteiger charge is -2.21. The molecule has 24 heavy (non-hydrogen) atoms. The van der Waals surface area contributed by atoms with Crippen LogP contribution < -0.4 is 9.64 Å². The largest absolute Gasteiger partial charge is 0.497 e. The van der Waals surface area contributed by atoms with Crippen LogP contribution in [0.5, 0.6) is 5.75 Å². The first-order valence-electron chi connectivity index (χ1n) is 8.29. The number of nitrogens with zero attached hydrogens (tertiary/aromatic N) is 1. The number of hydrogen-bond donors (Lipinski definition) is 1. The Morgan fingerprint density at radius 2 is 2.00 bits per heavy atom. The molecule has 0 saturated heterocycles. The number of aliphatic hydroxyl groups is 1. The van der Waals surface area contributed by atoms with Crippen LogP contribution in [0.1, 0.15) is 40.9 Å². The summed E-state index contributed by atoms with van der Waals surface area (Å²) in [6.45, 7) is 3.32. The number of benzene rings is 2. The minimum Gasteiger partial charge on any atom is -0.497 e. The molecule has 2 aromatic rings. The zero-order valence-corrected chi connectivity index (χ0v) is 14.2. The van der Waals surface area contributed by atoms with E-state index in [4.69, 9.17) is 4.74 Å². The first-order valence-corrected chi connectivity index (χ1v) is 8.29. The third-order valence-corrected chi connectivity index (χ3v) is 4.65. The fraction of sp³-hybridized carbons (Fsp3) is 0.350. The van der Waals surface area contributed by atoms with Gasteiger partial charge in [0.1, 0.15) is 5.75 Å². The van der Waals surface area contributed by atoms with E-state index in [1.54, 1.807) is 14.0 Å². The predicted molar refractivity (Wildman–Crippen MR) is 94.9 cm³/mol. The van der Waals surface area contributed by atoms with Gasteiger partial charge in [-0.3, -0.25) is 4.79 Å². The van der Waals surface area contributed by atoms with Gasteiger partial charge in [0.15, 0.2) is 5.78 Å². The molecule has 1 N–H and O–H groups in total. The van der Waals surface area contributed by atoms with Crippen LogP contribution in [0, 0.1) is 0 Å². The fourth-order valence-corrected chi connectivity index (χ4v) is 3.19. The number of ketones is 1. The van der Waals surface area contributed by atoms with Crippen LogP contribution in [0.15, 0.2) is 42.5 Å². The maximum Gasteiger partial charge on any atom is 0.159 e. The van der Waals surface area contributed by atoms with Crippen LogP contribution in [-0.2, 0) is 6.42 Å². The highest BCUT2D eigenvalue weighted by Crippen LogP contribution is 2.30. The van der Waals surface area contributed by atoms with Gasteiger partial charge in [-0.05, 0) is 61.2 Å². The van der Waals surface area contributed by atoms with E-state index >= 15 is 0 Å². The first kappa shape index (κ1) is 16.5. The molecule has 0 fully saturated rings. The summed E-state index contributed by atoms with van der Waals surface area (Å²) in [5.74, 6) is 0.895. The summed E-state index contributed by atoms with van der Waals surface area (Å²) in [6.07, 6.45) is 1.13. The lowest BCUT2D eigenvalue weighted by Crippen LogP contribution is -2.23. The van der Waals surface area contributed by atoms with E-state index in [2.05, 4.69) is 4.90 Å². The van der Waals surface area contributed by atoms with E-state index in [-0.39, 0.29) is 5.78 Å². The minimum absolute atomic E-state index is 0.103. The van der Waals surface area contributed by atoms with E-state index in [1.807, 2.05) is 42.5 Å². The van der Waals surface area contributed by atoms with Crippen LogP contribution in [-0.4, -0.2) is 31.1 Å². The number of aliphatic hydroxyl groups excluding tert-OH is 1. The lowest BCUT2D eigenvalue weighted by molar-refractivity contribution is 0.101. The molecule has 1 atom stereocenters. The SMILES string of the molecule is COc1ccc(C(O)CCN2CCc3cc(C(C)=O)ccc32)cc1. The molecule has 0 aromatic heterocycles. The van der Waals surface area contributed by atoms with Crippen LogP contribution in [0.4, 0.5) is 5.69 Å². The second-order valence-electron chi connectivity index (χ2n) is 6.21. The number of carbonyl (C=O) groups excluding carboxylic acids is 1. The second kappa shape index (κ2) is 7.05. The van der Waals surface area contributed by atoms with Crippen LogP contribution in [0.25, 0.3) is 0 Å². The Kier molecular flexibility index (Phi) is 4.86. The number of methoxy groups -OCH3 is 1. The Balaban J connectivity index is 1.63. The smallest absolute Gasteiger partial charge is 0.159 e. The average Bonchev–Trinajstić information content (AvgIpc) is 3.02. The van der Waals surface area contributed by atoms with Crippen LogP contribution >= 0.6 is 0 Å². The average molecular weight is 325 g/mol. The van der Waals surface area contributed by atoms with Gasteiger partial charge in [0.25, 0.3) is 0 Å². The Hall–Kier alpha value is -2.33. The number of anilines is 1. The molecule has 0 bridgehead atoms. The summed E-state index contributed by atoms with van der Waals surface area (Å²) in [5, 5.41) is 10.4. The topological polar surface area (TPSA) is 49.8 Å². The van der Waals surface area contributed by atoms with E-state index in [0.717, 1.165) is 36.4 Å². The van der Waals surface area contributed by atoms with Crippen molar-refractivity contribution < 1.29 is 14.6 Å². The van der Waals surface area contributed by atoms with Crippen molar-refractivity contribution in [3.05, 3.63) is 59.2 Å². The van der Waals surface area contributed by atoms with Gasteiger partial charge in [-0.2, -0.15) is 0 Å². The first-order chi connectivity index (χ1) is 11.6. The summed E-state index contributed by atoms with van der Waals surface area (Å²) >= 11 is 0. The van der Waals surface area contributed by atoms with Crippen molar-refractivity contribution in [2.24, 2.45) is 0 Å². The molecule has 1 aliphatic rings. The molecule has 1 unspecified atom stereocenters. The number of hydrogen-bond acceptors (Lipinski definition) is 4. The molecule has 3 rings (SSSR count). The molecule has 0 saturated carbocycles. The molecule has 0 amide bonds. The van der Waals surface area contributed by atoms with Gasteiger partial charge in [0.2, 0.25) is 0 Å². The number of Topliss-reactive ketones (excluding diaryl/α,β-unsaturated/α-hetero) is 1. The maximum absolute atomic E-state index is 11.5. The van der Waals surface area contributed by atoms with Crippen molar-refractivity contribution in [2.75, 3.05) is 25.1 Å². The van der Waals surface area contributed by atoms with E-state index in [1.165, 1.54) is 11.3 Å². The third-order valence-electron chi connectivity index (χ3n) is 4.65. The van der Waals surface area contributed by atoms with Gasteiger partial charge < -0.3 is 14.7 Å². The molecular formula is C20H23NO3. The number of ether oxygens (including phenoxy) is 1. The summed E-state index contributed by atoms with van der Waals surface area (Å²) in [5.41, 5.74) is 4.08. The highest BCUT2D eigenvalue weighted by atomic mass is 16.5. The van der Waals surface area contributed by atoms with E-state index in [9.17, 15) is 9.90 Å². The Morgan fingerprint density at radius 1 is 1.25 bits per heavy atom. The number of carbonyl (C=O) groups is 1. The predicted octanol–water partition coefficient (Wildman–Crippen LogP) is 3.38. The Bertz CT molecular complexity index is 724. The molecule has 1 heterocycles. The Labute approximate surface area is 142 Å². The van der Waals surface area contributed by atoms with Gasteiger partial charge >= 0.3 is 0 Å². The van der Waals surface area contributed by atoms with Crippen molar-refractivity contribution in [3.63, 3.8) is 0 Å². The molecule has 126 valence electrons. The summed E-state index contributed by atoms with van der Waals surface area (Å²) < 4.78 is 5.14. The lowest BCUT2D eigenvalue weighted by atomic mass is 10.1. The van der Waals surface area contributed by atoms with Gasteiger partial charge in [-0.15, -0.1) is 0 Å². The third kappa shape index (κ3) is 3.44. The molecular weight excluding hydrogens is 302 g/mol. The van der Waals surface area contributed by atoms with Crippen molar-refractivity contribution in [2.45, 2.75) is 25.9 Å². The number of fused-ring (bicyclic) bond motifs is 1. The van der Waals surface area contributed by atoms with Crippen molar-refractivity contribution in [1.82, 2.24) is 0 Å². The maximum atomic E-state index is 11.5. The van der Waals surface area contributed by atoms with Crippen LogP contribution in [0.3, 0.4) is 0 Å². The summed E-state index contributed by atoms with van der Waals surface area (Å²) in [7, 11) is 1.63. The molecule has 4 heteroatoms. The molecule has 2 aromatic carbocycles. The second-order valence-corrected chi connectivity index (χ2v) is 6.21. The van der Waals surface area contributed by atoms with Gasteiger partial charge in [-0.25, -0.2) is 0 Å². The number of rotatable bonds is 6.